The summed E-state index contributed by atoms with van der Waals surface area (Å²) in [6, 6.07) is 0.976. The molecule has 0 aromatic carbocycles. The fourth-order valence-electron chi connectivity index (χ4n) is 3.85. The van der Waals surface area contributed by atoms with Crippen molar-refractivity contribution >= 4 is 23.2 Å². The van der Waals surface area contributed by atoms with Gasteiger partial charge in [-0.25, -0.2) is 13.8 Å². The number of aromatic nitrogens is 1. The van der Waals surface area contributed by atoms with Crippen LogP contribution in [0.1, 0.15) is 36.0 Å². The molecule has 1 aliphatic heterocycles. The van der Waals surface area contributed by atoms with Gasteiger partial charge in [-0.05, 0) is 31.7 Å². The van der Waals surface area contributed by atoms with Crippen LogP contribution in [-0.4, -0.2) is 62.4 Å². The molecular weight excluding hydrogens is 425 g/mol. The Bertz CT molecular complexity index is 763. The minimum atomic E-state index is -4.22. The molecule has 174 valence electrons. The number of pyridine rings is 1. The molecule has 0 bridgehead atoms. The molecule has 4 N–H and O–H groups in total. The number of carbonyl (C=O) groups is 1. The van der Waals surface area contributed by atoms with Crippen LogP contribution in [0.4, 0.5) is 39.3 Å². The number of nitrogen functional groups attached to an aromatic ring is 1. The Morgan fingerprint density at radius 2 is 1.87 bits per heavy atom. The van der Waals surface area contributed by atoms with Crippen molar-refractivity contribution in [2.75, 3.05) is 48.8 Å². The highest BCUT2D eigenvalue weighted by molar-refractivity contribution is 6.00. The molecule has 2 fully saturated rings. The third-order valence-corrected chi connectivity index (χ3v) is 5.54. The van der Waals surface area contributed by atoms with Crippen LogP contribution in [0.5, 0.6) is 0 Å². The number of morpholine rings is 1. The Balaban J connectivity index is 1.76. The van der Waals surface area contributed by atoms with Crippen molar-refractivity contribution in [3.8, 4) is 0 Å². The lowest BCUT2D eigenvalue weighted by Crippen LogP contribution is -2.42. The fraction of sp³-hybridized carbons (Fsp3) is 0.684. The van der Waals surface area contributed by atoms with Gasteiger partial charge in [-0.15, -0.1) is 0 Å². The second-order valence-corrected chi connectivity index (χ2v) is 7.73. The topological polar surface area (TPSA) is 92.5 Å². The summed E-state index contributed by atoms with van der Waals surface area (Å²) in [6.07, 6.45) is -6.47. The van der Waals surface area contributed by atoms with E-state index in [0.29, 0.717) is 26.3 Å². The summed E-state index contributed by atoms with van der Waals surface area (Å²) in [4.78, 5) is 19.1. The summed E-state index contributed by atoms with van der Waals surface area (Å²) in [5.41, 5.74) is 6.11. The number of nitrogens with two attached hydrogens (primary N) is 1. The molecule has 1 aliphatic carbocycles. The van der Waals surface area contributed by atoms with Gasteiger partial charge >= 0.3 is 6.18 Å². The van der Waals surface area contributed by atoms with Crippen molar-refractivity contribution in [1.82, 2.24) is 10.3 Å². The maximum absolute atomic E-state index is 13.0. The van der Waals surface area contributed by atoms with Gasteiger partial charge in [0.25, 0.3) is 12.3 Å². The first kappa shape index (κ1) is 23.3. The van der Waals surface area contributed by atoms with Gasteiger partial charge in [-0.3, -0.25) is 4.79 Å². The summed E-state index contributed by atoms with van der Waals surface area (Å²) < 4.78 is 69.1. The van der Waals surface area contributed by atoms with Crippen LogP contribution in [-0.2, 0) is 4.74 Å². The van der Waals surface area contributed by atoms with Gasteiger partial charge in [-0.2, -0.15) is 13.2 Å². The van der Waals surface area contributed by atoms with E-state index in [4.69, 9.17) is 10.5 Å². The number of alkyl halides is 5. The number of rotatable bonds is 6. The van der Waals surface area contributed by atoms with E-state index < -0.39 is 31.0 Å². The van der Waals surface area contributed by atoms with Crippen molar-refractivity contribution in [2.24, 2.45) is 5.92 Å². The third-order valence-electron chi connectivity index (χ3n) is 5.54. The molecule has 1 amide bonds. The molecule has 12 heteroatoms. The minimum Gasteiger partial charge on any atom is -0.396 e. The quantitative estimate of drug-likeness (QED) is 0.576. The predicted molar refractivity (Wildman–Crippen MR) is 105 cm³/mol. The maximum Gasteiger partial charge on any atom is 0.391 e. The van der Waals surface area contributed by atoms with E-state index in [2.05, 4.69) is 15.6 Å². The van der Waals surface area contributed by atoms with Gasteiger partial charge in [0.15, 0.2) is 5.82 Å². The van der Waals surface area contributed by atoms with E-state index in [1.54, 1.807) is 4.90 Å². The number of ether oxygens (including phenoxy) is 1. The summed E-state index contributed by atoms with van der Waals surface area (Å²) in [5, 5.41) is 5.26. The fourth-order valence-corrected chi connectivity index (χ4v) is 3.85. The number of halogens is 5. The molecule has 7 nitrogen and oxygen atoms in total. The lowest BCUT2D eigenvalue weighted by atomic mass is 9.85. The summed E-state index contributed by atoms with van der Waals surface area (Å²) in [5.74, 6) is -1.53. The first-order valence-corrected chi connectivity index (χ1v) is 10.2. The Morgan fingerprint density at radius 1 is 1.23 bits per heavy atom. The SMILES string of the molecule is Nc1cc(C(=O)NC2CCC(C(F)(F)F)CC2)c(N2CCOCC2)nc1NCC(F)F. The van der Waals surface area contributed by atoms with Gasteiger partial charge in [0.1, 0.15) is 5.82 Å². The highest BCUT2D eigenvalue weighted by Gasteiger charge is 2.41. The van der Waals surface area contributed by atoms with Gasteiger partial charge in [0, 0.05) is 19.1 Å². The van der Waals surface area contributed by atoms with Gasteiger partial charge in [-0.1, -0.05) is 0 Å². The summed E-state index contributed by atoms with van der Waals surface area (Å²) >= 11 is 0. The van der Waals surface area contributed by atoms with Crippen LogP contribution in [0.3, 0.4) is 0 Å². The maximum atomic E-state index is 13.0. The molecule has 0 spiro atoms. The van der Waals surface area contributed by atoms with Crippen LogP contribution in [0.25, 0.3) is 0 Å². The number of hydrogen-bond acceptors (Lipinski definition) is 6. The minimum absolute atomic E-state index is 0.0311. The van der Waals surface area contributed by atoms with E-state index in [1.807, 2.05) is 0 Å². The Labute approximate surface area is 176 Å². The van der Waals surface area contributed by atoms with Crippen molar-refractivity contribution in [3.63, 3.8) is 0 Å². The van der Waals surface area contributed by atoms with Gasteiger partial charge in [0.05, 0.1) is 36.9 Å². The standard InChI is InChI=1S/C19H26F5N5O2/c20-15(21)10-26-16-14(25)9-13(17(28-16)29-5-7-31-8-6-29)18(30)27-12-3-1-11(2-4-12)19(22,23)24/h9,11-12,15H,1-8,10,25H2,(H,26,28)(H,27,30). The van der Waals surface area contributed by atoms with Crippen LogP contribution in [0.2, 0.25) is 0 Å². The first-order valence-electron chi connectivity index (χ1n) is 10.2. The van der Waals surface area contributed by atoms with Gasteiger partial charge < -0.3 is 26.0 Å². The van der Waals surface area contributed by atoms with Crippen molar-refractivity contribution in [1.29, 1.82) is 0 Å². The van der Waals surface area contributed by atoms with Crippen molar-refractivity contribution in [3.05, 3.63) is 11.6 Å². The number of nitrogens with zero attached hydrogens (tertiary/aromatic N) is 2. The molecule has 31 heavy (non-hydrogen) atoms. The molecule has 0 radical (unpaired) electrons. The number of hydrogen-bond donors (Lipinski definition) is 3. The van der Waals surface area contributed by atoms with Crippen LogP contribution >= 0.6 is 0 Å². The largest absolute Gasteiger partial charge is 0.396 e. The highest BCUT2D eigenvalue weighted by Crippen LogP contribution is 2.37. The van der Waals surface area contributed by atoms with E-state index >= 15 is 0 Å². The summed E-state index contributed by atoms with van der Waals surface area (Å²) in [6.45, 7) is 1.07. The monoisotopic (exact) mass is 451 g/mol. The molecule has 1 aromatic heterocycles. The zero-order valence-electron chi connectivity index (χ0n) is 16.9. The lowest BCUT2D eigenvalue weighted by molar-refractivity contribution is -0.182. The molecule has 0 unspecified atom stereocenters. The molecule has 1 saturated heterocycles. The van der Waals surface area contributed by atoms with E-state index in [9.17, 15) is 26.7 Å². The first-order chi connectivity index (χ1) is 14.6. The predicted octanol–water partition coefficient (Wildman–Crippen LogP) is 3.03. The van der Waals surface area contributed by atoms with E-state index in [-0.39, 0.29) is 54.6 Å². The second-order valence-electron chi connectivity index (χ2n) is 7.73. The Kier molecular flexibility index (Phi) is 7.39. The molecule has 2 aliphatic rings. The third kappa shape index (κ3) is 6.08. The molecule has 0 atom stereocenters. The second kappa shape index (κ2) is 9.84. The zero-order chi connectivity index (χ0) is 22.6. The Morgan fingerprint density at radius 3 is 2.45 bits per heavy atom. The van der Waals surface area contributed by atoms with E-state index in [1.165, 1.54) is 6.07 Å². The van der Waals surface area contributed by atoms with Crippen molar-refractivity contribution in [2.45, 2.75) is 44.3 Å². The molecule has 3 rings (SSSR count). The smallest absolute Gasteiger partial charge is 0.391 e. The highest BCUT2D eigenvalue weighted by atomic mass is 19.4. The normalized spacial score (nSPS) is 22.5. The number of nitrogens with one attached hydrogen (secondary N) is 2. The number of anilines is 3. The Hall–Kier alpha value is -2.37. The molecule has 1 aromatic rings. The number of amides is 1. The van der Waals surface area contributed by atoms with E-state index in [0.717, 1.165) is 0 Å². The lowest BCUT2D eigenvalue weighted by Gasteiger charge is -2.32. The summed E-state index contributed by atoms with van der Waals surface area (Å²) in [7, 11) is 0. The average Bonchev–Trinajstić information content (AvgIpc) is 2.73. The average molecular weight is 451 g/mol. The van der Waals surface area contributed by atoms with Crippen LogP contribution in [0.15, 0.2) is 6.07 Å². The van der Waals surface area contributed by atoms with Crippen molar-refractivity contribution < 1.29 is 31.5 Å². The zero-order valence-corrected chi connectivity index (χ0v) is 16.9. The molecule has 2 heterocycles. The van der Waals surface area contributed by atoms with Gasteiger partial charge in [0.2, 0.25) is 0 Å². The molecular formula is C19H26F5N5O2. The number of carbonyl (C=O) groups excluding carboxylic acids is 1. The molecule has 1 saturated carbocycles. The van der Waals surface area contributed by atoms with Crippen LogP contribution < -0.4 is 21.3 Å². The van der Waals surface area contributed by atoms with Crippen LogP contribution in [0, 0.1) is 5.92 Å².